The van der Waals surface area contributed by atoms with E-state index in [9.17, 15) is 14.8 Å². The average Bonchev–Trinajstić information content (AvgIpc) is 3.00. The number of rotatable bonds is 5. The number of ether oxygens (including phenoxy) is 1. The standard InChI is InChI=1S/C17H16N4O4S/c1-10-14(16(23)19-8-11-4-3-7-21(24)9-11)26-17(20-10)13-12(25-2)5-6-18-15(13)22/h3-7,9H,8H2,1-2H3,(H,18,22)(H,19,23). The van der Waals surface area contributed by atoms with Crippen molar-refractivity contribution in [3.05, 3.63) is 68.5 Å². The second-order valence-electron chi connectivity index (χ2n) is 5.44. The van der Waals surface area contributed by atoms with E-state index in [1.54, 1.807) is 25.1 Å². The molecule has 2 N–H and O–H groups in total. The molecule has 0 aliphatic heterocycles. The molecule has 0 aliphatic carbocycles. The number of pyridine rings is 2. The molecule has 3 heterocycles. The van der Waals surface area contributed by atoms with Crippen LogP contribution in [0.4, 0.5) is 0 Å². The van der Waals surface area contributed by atoms with Crippen LogP contribution in [0.25, 0.3) is 10.6 Å². The van der Waals surface area contributed by atoms with Crippen LogP contribution < -0.4 is 20.3 Å². The summed E-state index contributed by atoms with van der Waals surface area (Å²) >= 11 is 1.11. The molecule has 0 radical (unpaired) electrons. The van der Waals surface area contributed by atoms with E-state index in [4.69, 9.17) is 4.74 Å². The summed E-state index contributed by atoms with van der Waals surface area (Å²) in [6.45, 7) is 1.91. The molecule has 0 unspecified atom stereocenters. The van der Waals surface area contributed by atoms with Gasteiger partial charge in [-0.05, 0) is 19.1 Å². The molecule has 3 rings (SSSR count). The van der Waals surface area contributed by atoms with Crippen molar-refractivity contribution in [3.8, 4) is 16.3 Å². The molecule has 0 saturated heterocycles. The summed E-state index contributed by atoms with van der Waals surface area (Å²) in [5.74, 6) is 0.0672. The highest BCUT2D eigenvalue weighted by molar-refractivity contribution is 7.17. The first-order chi connectivity index (χ1) is 12.5. The monoisotopic (exact) mass is 372 g/mol. The van der Waals surface area contributed by atoms with Crippen LogP contribution in [-0.4, -0.2) is 23.0 Å². The number of hydrogen-bond acceptors (Lipinski definition) is 6. The lowest BCUT2D eigenvalue weighted by atomic mass is 10.2. The van der Waals surface area contributed by atoms with Gasteiger partial charge in [0.1, 0.15) is 21.2 Å². The lowest BCUT2D eigenvalue weighted by molar-refractivity contribution is -0.605. The zero-order chi connectivity index (χ0) is 18.7. The number of hydrogen-bond donors (Lipinski definition) is 2. The Morgan fingerprint density at radius 2 is 2.27 bits per heavy atom. The molecule has 8 nitrogen and oxygen atoms in total. The minimum atomic E-state index is -0.339. The topological polar surface area (TPSA) is 111 Å². The van der Waals surface area contributed by atoms with E-state index >= 15 is 0 Å². The average molecular weight is 372 g/mol. The molecule has 0 spiro atoms. The summed E-state index contributed by atoms with van der Waals surface area (Å²) in [5, 5.41) is 14.4. The van der Waals surface area contributed by atoms with Gasteiger partial charge in [-0.1, -0.05) is 0 Å². The third kappa shape index (κ3) is 3.57. The van der Waals surface area contributed by atoms with Gasteiger partial charge in [-0.2, -0.15) is 4.73 Å². The molecule has 0 bridgehead atoms. The number of aromatic nitrogens is 3. The SMILES string of the molecule is COc1cc[nH]c(=O)c1-c1nc(C)c(C(=O)NCc2ccc[n+]([O-])c2)s1. The number of H-pyrrole nitrogens is 1. The smallest absolute Gasteiger partial charge is 0.263 e. The van der Waals surface area contributed by atoms with E-state index in [2.05, 4.69) is 15.3 Å². The maximum absolute atomic E-state index is 12.5. The summed E-state index contributed by atoms with van der Waals surface area (Å²) in [6.07, 6.45) is 4.25. The van der Waals surface area contributed by atoms with Gasteiger partial charge in [0.15, 0.2) is 12.4 Å². The van der Waals surface area contributed by atoms with Crippen LogP contribution in [-0.2, 0) is 6.54 Å². The molecule has 3 aromatic heterocycles. The van der Waals surface area contributed by atoms with Gasteiger partial charge in [0.25, 0.3) is 11.5 Å². The summed E-state index contributed by atoms with van der Waals surface area (Å²) in [4.78, 5) is 31.9. The number of amides is 1. The van der Waals surface area contributed by atoms with Gasteiger partial charge in [0.05, 0.1) is 12.8 Å². The van der Waals surface area contributed by atoms with Crippen LogP contribution in [0.1, 0.15) is 20.9 Å². The molecule has 3 aromatic rings. The predicted molar refractivity (Wildman–Crippen MR) is 96.0 cm³/mol. The Labute approximate surface area is 152 Å². The first-order valence-corrected chi connectivity index (χ1v) is 8.50. The second-order valence-corrected chi connectivity index (χ2v) is 6.44. The molecule has 1 amide bonds. The number of aryl methyl sites for hydroxylation is 1. The maximum atomic E-state index is 12.5. The van der Waals surface area contributed by atoms with Gasteiger partial charge in [0, 0.05) is 24.4 Å². The number of methoxy groups -OCH3 is 1. The Kier molecular flexibility index (Phi) is 4.99. The van der Waals surface area contributed by atoms with E-state index in [1.807, 2.05) is 0 Å². The van der Waals surface area contributed by atoms with Crippen molar-refractivity contribution in [3.63, 3.8) is 0 Å². The fourth-order valence-electron chi connectivity index (χ4n) is 2.42. The highest BCUT2D eigenvalue weighted by Gasteiger charge is 2.20. The van der Waals surface area contributed by atoms with Gasteiger partial charge < -0.3 is 20.2 Å². The van der Waals surface area contributed by atoms with Crippen molar-refractivity contribution in [2.24, 2.45) is 0 Å². The minimum absolute atomic E-state index is 0.212. The molecule has 26 heavy (non-hydrogen) atoms. The normalized spacial score (nSPS) is 10.5. The highest BCUT2D eigenvalue weighted by atomic mass is 32.1. The van der Waals surface area contributed by atoms with Gasteiger partial charge in [0.2, 0.25) is 0 Å². The van der Waals surface area contributed by atoms with Crippen molar-refractivity contribution in [2.75, 3.05) is 7.11 Å². The molecule has 0 saturated carbocycles. The van der Waals surface area contributed by atoms with Gasteiger partial charge in [-0.15, -0.1) is 11.3 Å². The van der Waals surface area contributed by atoms with E-state index < -0.39 is 0 Å². The van der Waals surface area contributed by atoms with Crippen molar-refractivity contribution in [1.29, 1.82) is 0 Å². The Morgan fingerprint density at radius 3 is 3.00 bits per heavy atom. The number of carbonyl (C=O) groups is 1. The molecular formula is C17H16N4O4S. The van der Waals surface area contributed by atoms with Crippen molar-refractivity contribution in [1.82, 2.24) is 15.3 Å². The second kappa shape index (κ2) is 7.36. The molecule has 9 heteroatoms. The quantitative estimate of drug-likeness (QED) is 0.519. The summed E-state index contributed by atoms with van der Waals surface area (Å²) in [5.41, 5.74) is 1.14. The number of nitrogens with zero attached hydrogens (tertiary/aromatic N) is 2. The fraction of sp³-hybridized carbons (Fsp3) is 0.176. The molecule has 0 aliphatic rings. The zero-order valence-corrected chi connectivity index (χ0v) is 14.9. The van der Waals surface area contributed by atoms with Crippen LogP contribution in [0.2, 0.25) is 0 Å². The fourth-order valence-corrected chi connectivity index (χ4v) is 3.44. The number of nitrogens with one attached hydrogen (secondary N) is 2. The largest absolute Gasteiger partial charge is 0.619 e. The maximum Gasteiger partial charge on any atom is 0.263 e. The van der Waals surface area contributed by atoms with Gasteiger partial charge in [-0.25, -0.2) is 4.98 Å². The predicted octanol–water partition coefficient (Wildman–Crippen LogP) is 1.38. The van der Waals surface area contributed by atoms with Crippen LogP contribution in [0.5, 0.6) is 5.75 Å². The van der Waals surface area contributed by atoms with Gasteiger partial charge in [-0.3, -0.25) is 9.59 Å². The van der Waals surface area contributed by atoms with Crippen molar-refractivity contribution < 1.29 is 14.3 Å². The van der Waals surface area contributed by atoms with E-state index in [0.29, 0.717) is 31.6 Å². The molecular weight excluding hydrogens is 356 g/mol. The molecule has 0 aromatic carbocycles. The summed E-state index contributed by atoms with van der Waals surface area (Å²) in [6, 6.07) is 4.98. The van der Waals surface area contributed by atoms with Crippen LogP contribution in [0, 0.1) is 12.1 Å². The third-order valence-electron chi connectivity index (χ3n) is 3.65. The van der Waals surface area contributed by atoms with E-state index in [-0.39, 0.29) is 23.6 Å². The Balaban J connectivity index is 1.84. The highest BCUT2D eigenvalue weighted by Crippen LogP contribution is 2.31. The first-order valence-electron chi connectivity index (χ1n) is 7.69. The Bertz CT molecular complexity index is 1010. The van der Waals surface area contributed by atoms with E-state index in [0.717, 1.165) is 11.3 Å². The van der Waals surface area contributed by atoms with Gasteiger partial charge >= 0.3 is 0 Å². The minimum Gasteiger partial charge on any atom is -0.619 e. The lowest BCUT2D eigenvalue weighted by Gasteiger charge is -2.04. The number of carbonyl (C=O) groups excluding carboxylic acids is 1. The van der Waals surface area contributed by atoms with Crippen molar-refractivity contribution >= 4 is 17.2 Å². The number of aromatic amines is 1. The zero-order valence-electron chi connectivity index (χ0n) is 14.1. The summed E-state index contributed by atoms with van der Waals surface area (Å²) in [7, 11) is 1.47. The van der Waals surface area contributed by atoms with Crippen molar-refractivity contribution in [2.45, 2.75) is 13.5 Å². The third-order valence-corrected chi connectivity index (χ3v) is 4.82. The van der Waals surface area contributed by atoms with Crippen LogP contribution in [0.15, 0.2) is 41.6 Å². The Morgan fingerprint density at radius 1 is 1.46 bits per heavy atom. The summed E-state index contributed by atoms with van der Waals surface area (Å²) < 4.78 is 5.89. The first kappa shape index (κ1) is 17.6. The molecule has 134 valence electrons. The van der Waals surface area contributed by atoms with Crippen LogP contribution >= 0.6 is 11.3 Å². The van der Waals surface area contributed by atoms with Crippen LogP contribution in [0.3, 0.4) is 0 Å². The molecule has 0 fully saturated rings. The molecule has 0 atom stereocenters. The lowest BCUT2D eigenvalue weighted by Crippen LogP contribution is -2.28. The van der Waals surface area contributed by atoms with E-state index in [1.165, 1.54) is 25.7 Å². The number of thiazole rings is 1. The Hall–Kier alpha value is -3.20.